The summed E-state index contributed by atoms with van der Waals surface area (Å²) in [5.74, 6) is -1.41. The monoisotopic (exact) mass is 378 g/mol. The number of aryl methyl sites for hydroxylation is 1. The highest BCUT2D eigenvalue weighted by Gasteiger charge is 2.27. The van der Waals surface area contributed by atoms with Crippen LogP contribution < -0.4 is 0 Å². The zero-order valence-electron chi connectivity index (χ0n) is 16.1. The van der Waals surface area contributed by atoms with Crippen LogP contribution in [0.4, 0.5) is 8.78 Å². The fraction of sp³-hybridized carbons (Fsp3) is 0.545. The minimum Gasteiger partial charge on any atom is -0.498 e. The van der Waals surface area contributed by atoms with Crippen molar-refractivity contribution in [3.63, 3.8) is 0 Å². The Kier molecular flexibility index (Phi) is 6.89. The molecule has 1 aromatic carbocycles. The highest BCUT2D eigenvalue weighted by atomic mass is 19.2. The molecular formula is C22H28F2O3. The molecule has 0 aromatic heterocycles. The molecule has 1 aliphatic heterocycles. The van der Waals surface area contributed by atoms with E-state index in [4.69, 9.17) is 14.2 Å². The van der Waals surface area contributed by atoms with Crippen molar-refractivity contribution in [2.45, 2.75) is 57.5 Å². The van der Waals surface area contributed by atoms with Crippen LogP contribution in [0.1, 0.15) is 56.1 Å². The third-order valence-electron chi connectivity index (χ3n) is 5.31. The summed E-state index contributed by atoms with van der Waals surface area (Å²) in [6.07, 6.45) is 4.64. The summed E-state index contributed by atoms with van der Waals surface area (Å²) < 4.78 is 44.1. The lowest BCUT2D eigenvalue weighted by Crippen LogP contribution is -2.28. The highest BCUT2D eigenvalue weighted by molar-refractivity contribution is 5.29. The van der Waals surface area contributed by atoms with Gasteiger partial charge in [0.05, 0.1) is 19.8 Å². The second-order valence-corrected chi connectivity index (χ2v) is 7.21. The van der Waals surface area contributed by atoms with E-state index in [-0.39, 0.29) is 24.2 Å². The molecule has 1 heterocycles. The number of hydrogen-bond acceptors (Lipinski definition) is 3. The Hall–Kier alpha value is -1.88. The van der Waals surface area contributed by atoms with Crippen molar-refractivity contribution in [3.8, 4) is 0 Å². The van der Waals surface area contributed by atoms with Gasteiger partial charge < -0.3 is 14.2 Å². The number of benzene rings is 1. The van der Waals surface area contributed by atoms with Gasteiger partial charge in [0, 0.05) is 18.8 Å². The number of rotatable bonds is 7. The van der Waals surface area contributed by atoms with Gasteiger partial charge in [-0.1, -0.05) is 37.6 Å². The minimum atomic E-state index is -0.949. The molecule has 0 amide bonds. The van der Waals surface area contributed by atoms with Crippen LogP contribution in [0, 0.1) is 0 Å². The summed E-state index contributed by atoms with van der Waals surface area (Å²) >= 11 is 0. The summed E-state index contributed by atoms with van der Waals surface area (Å²) in [5, 5.41) is 0. The minimum absolute atomic E-state index is 0.0431. The maximum Gasteiger partial charge on any atom is 0.199 e. The van der Waals surface area contributed by atoms with Crippen LogP contribution in [0.2, 0.25) is 0 Å². The van der Waals surface area contributed by atoms with Crippen LogP contribution in [-0.4, -0.2) is 26.4 Å². The molecular weight excluding hydrogens is 350 g/mol. The molecule has 1 aliphatic carbocycles. The number of allylic oxidation sites excluding steroid dienone is 4. The number of halogens is 2. The first-order valence-electron chi connectivity index (χ1n) is 9.77. The molecule has 0 spiro atoms. The van der Waals surface area contributed by atoms with Crippen LogP contribution >= 0.6 is 0 Å². The predicted octanol–water partition coefficient (Wildman–Crippen LogP) is 5.72. The lowest BCUT2D eigenvalue weighted by molar-refractivity contribution is -0.0371. The Morgan fingerprint density at radius 2 is 1.74 bits per heavy atom. The van der Waals surface area contributed by atoms with Crippen molar-refractivity contribution < 1.29 is 23.0 Å². The van der Waals surface area contributed by atoms with Gasteiger partial charge in [0.15, 0.2) is 11.7 Å². The van der Waals surface area contributed by atoms with Crippen molar-refractivity contribution >= 4 is 0 Å². The van der Waals surface area contributed by atoms with Crippen LogP contribution in [-0.2, 0) is 20.6 Å². The van der Waals surface area contributed by atoms with E-state index in [1.54, 1.807) is 0 Å². The molecule has 27 heavy (non-hydrogen) atoms. The summed E-state index contributed by atoms with van der Waals surface area (Å²) in [6, 6.07) is 8.78. The third-order valence-corrected chi connectivity index (χ3v) is 5.31. The molecule has 148 valence electrons. The Morgan fingerprint density at radius 1 is 1.04 bits per heavy atom. The molecule has 0 bridgehead atoms. The second kappa shape index (κ2) is 9.36. The van der Waals surface area contributed by atoms with Crippen LogP contribution in [0.5, 0.6) is 0 Å². The first-order chi connectivity index (χ1) is 13.1. The van der Waals surface area contributed by atoms with Crippen LogP contribution in [0.15, 0.2) is 47.4 Å². The van der Waals surface area contributed by atoms with Crippen molar-refractivity contribution in [2.24, 2.45) is 0 Å². The maximum absolute atomic E-state index is 14.0. The average Bonchev–Trinajstić information content (AvgIpc) is 2.70. The smallest absolute Gasteiger partial charge is 0.199 e. The molecule has 0 radical (unpaired) electrons. The molecule has 2 aliphatic rings. The van der Waals surface area contributed by atoms with E-state index in [1.807, 2.05) is 0 Å². The van der Waals surface area contributed by atoms with Gasteiger partial charge >= 0.3 is 0 Å². The molecule has 2 atom stereocenters. The standard InChI is InChI=1S/C22H28F2O3/c1-3-4-15-5-7-16(8-6-15)17-9-10-18(26-13-17)14-27-20-12-11-19(25-2)21(23)22(20)24/h5-8,17-18H,3-4,9-14H2,1-2H3. The van der Waals surface area contributed by atoms with Crippen LogP contribution in [0.25, 0.3) is 0 Å². The van der Waals surface area contributed by atoms with E-state index in [1.165, 1.54) is 18.2 Å². The van der Waals surface area contributed by atoms with Gasteiger partial charge in [0.25, 0.3) is 0 Å². The van der Waals surface area contributed by atoms with E-state index < -0.39 is 11.7 Å². The van der Waals surface area contributed by atoms with E-state index in [0.29, 0.717) is 25.4 Å². The Labute approximate surface area is 160 Å². The Bertz CT molecular complexity index is 686. The third kappa shape index (κ3) is 4.89. The molecule has 1 fully saturated rings. The highest BCUT2D eigenvalue weighted by Crippen LogP contribution is 2.34. The molecule has 0 N–H and O–H groups in total. The van der Waals surface area contributed by atoms with Gasteiger partial charge in [-0.25, -0.2) is 0 Å². The van der Waals surface area contributed by atoms with Crippen LogP contribution in [0.3, 0.4) is 0 Å². The van der Waals surface area contributed by atoms with Crippen molar-refractivity contribution in [1.29, 1.82) is 0 Å². The molecule has 3 rings (SSSR count). The number of methoxy groups -OCH3 is 1. The topological polar surface area (TPSA) is 27.7 Å². The first-order valence-corrected chi connectivity index (χ1v) is 9.77. The fourth-order valence-corrected chi connectivity index (χ4v) is 3.66. The summed E-state index contributed by atoms with van der Waals surface area (Å²) in [7, 11) is 1.34. The van der Waals surface area contributed by atoms with Crippen molar-refractivity contribution in [1.82, 2.24) is 0 Å². The maximum atomic E-state index is 14.0. The van der Waals surface area contributed by atoms with E-state index in [2.05, 4.69) is 31.2 Å². The first kappa shape index (κ1) is 19.9. The molecule has 2 unspecified atom stereocenters. The second-order valence-electron chi connectivity index (χ2n) is 7.21. The van der Waals surface area contributed by atoms with E-state index >= 15 is 0 Å². The van der Waals surface area contributed by atoms with Gasteiger partial charge in [0.1, 0.15) is 18.1 Å². The molecule has 1 saturated heterocycles. The van der Waals surface area contributed by atoms with E-state index in [0.717, 1.165) is 25.7 Å². The normalized spacial score (nSPS) is 23.6. The number of ether oxygens (including phenoxy) is 3. The van der Waals surface area contributed by atoms with Crippen molar-refractivity contribution in [2.75, 3.05) is 20.3 Å². The van der Waals surface area contributed by atoms with Gasteiger partial charge in [0.2, 0.25) is 0 Å². The fourth-order valence-electron chi connectivity index (χ4n) is 3.66. The van der Waals surface area contributed by atoms with Gasteiger partial charge in [-0.05, 0) is 30.4 Å². The lowest BCUT2D eigenvalue weighted by Gasteiger charge is -2.30. The Balaban J connectivity index is 1.48. The van der Waals surface area contributed by atoms with Crippen molar-refractivity contribution in [3.05, 3.63) is 58.6 Å². The van der Waals surface area contributed by atoms with E-state index in [9.17, 15) is 8.78 Å². The summed E-state index contributed by atoms with van der Waals surface area (Å²) in [5.41, 5.74) is 2.67. The largest absolute Gasteiger partial charge is 0.498 e. The zero-order valence-corrected chi connectivity index (χ0v) is 16.1. The molecule has 5 heteroatoms. The van der Waals surface area contributed by atoms with Gasteiger partial charge in [-0.15, -0.1) is 0 Å². The average molecular weight is 378 g/mol. The molecule has 3 nitrogen and oxygen atoms in total. The van der Waals surface area contributed by atoms with Gasteiger partial charge in [-0.3, -0.25) is 0 Å². The predicted molar refractivity (Wildman–Crippen MR) is 101 cm³/mol. The molecule has 0 saturated carbocycles. The van der Waals surface area contributed by atoms with Gasteiger partial charge in [-0.2, -0.15) is 8.78 Å². The summed E-state index contributed by atoms with van der Waals surface area (Å²) in [4.78, 5) is 0. The Morgan fingerprint density at radius 3 is 2.37 bits per heavy atom. The summed E-state index contributed by atoms with van der Waals surface area (Å²) in [6.45, 7) is 3.06. The SMILES string of the molecule is CCCc1ccc(C2CCC(COC3=C(F)C(F)=C(OC)CC3)OC2)cc1. The molecule has 1 aromatic rings. The lowest BCUT2D eigenvalue weighted by atomic mass is 9.90. The number of hydrogen-bond donors (Lipinski definition) is 0. The zero-order chi connectivity index (χ0) is 19.2. The quantitative estimate of drug-likeness (QED) is 0.607.